The van der Waals surface area contributed by atoms with Crippen LogP contribution in [0.5, 0.6) is 0 Å². The molecule has 4 rings (SSSR count). The molecule has 1 N–H and O–H groups in total. The minimum Gasteiger partial charge on any atom is -0.388 e. The summed E-state index contributed by atoms with van der Waals surface area (Å²) in [4.78, 5) is 14.8. The highest BCUT2D eigenvalue weighted by Crippen LogP contribution is 2.43. The van der Waals surface area contributed by atoms with Gasteiger partial charge in [-0.15, -0.1) is 0 Å². The first kappa shape index (κ1) is 16.3. The standard InChI is InChI=1S/C18H24N4O3/c1-3-11(2)22-17(12-4-5-12)15(7-19-22)18(24)21-8-13(9-21)16-6-14(10-23)25-20-16/h6-7,11-13,23H,3-5,8-10H2,1-2H3. The lowest BCUT2D eigenvalue weighted by atomic mass is 9.95. The Kier molecular flexibility index (Phi) is 4.11. The van der Waals surface area contributed by atoms with Gasteiger partial charge >= 0.3 is 0 Å². The molecule has 1 amide bonds. The zero-order chi connectivity index (χ0) is 17.6. The van der Waals surface area contributed by atoms with Gasteiger partial charge in [-0.25, -0.2) is 0 Å². The lowest BCUT2D eigenvalue weighted by molar-refractivity contribution is 0.0594. The molecule has 7 nitrogen and oxygen atoms in total. The molecule has 0 radical (unpaired) electrons. The molecule has 0 bridgehead atoms. The molecule has 134 valence electrons. The van der Waals surface area contributed by atoms with Crippen molar-refractivity contribution < 1.29 is 14.4 Å². The van der Waals surface area contributed by atoms with Gasteiger partial charge in [0.1, 0.15) is 6.61 Å². The van der Waals surface area contributed by atoms with E-state index in [0.29, 0.717) is 30.8 Å². The number of amides is 1. The van der Waals surface area contributed by atoms with Gasteiger partial charge < -0.3 is 14.5 Å². The fourth-order valence-electron chi connectivity index (χ4n) is 3.42. The van der Waals surface area contributed by atoms with E-state index in [1.165, 1.54) is 0 Å². The molecule has 2 aromatic heterocycles. The zero-order valence-electron chi connectivity index (χ0n) is 14.7. The van der Waals surface area contributed by atoms with E-state index >= 15 is 0 Å². The van der Waals surface area contributed by atoms with Gasteiger partial charge in [-0.1, -0.05) is 12.1 Å². The number of carbonyl (C=O) groups is 1. The normalized spacial score (nSPS) is 19.1. The Morgan fingerprint density at radius 3 is 2.76 bits per heavy atom. The first-order valence-electron chi connectivity index (χ1n) is 9.05. The molecule has 3 heterocycles. The average Bonchev–Trinajstić information content (AvgIpc) is 3.15. The molecule has 2 aromatic rings. The van der Waals surface area contributed by atoms with Crippen molar-refractivity contribution in [2.24, 2.45) is 0 Å². The second-order valence-electron chi connectivity index (χ2n) is 7.20. The number of hydrogen-bond acceptors (Lipinski definition) is 5. The van der Waals surface area contributed by atoms with Gasteiger partial charge in [0.05, 0.1) is 23.1 Å². The first-order chi connectivity index (χ1) is 12.1. The van der Waals surface area contributed by atoms with Crippen molar-refractivity contribution in [3.8, 4) is 0 Å². The molecule has 1 aliphatic heterocycles. The minimum absolute atomic E-state index is 0.0681. The molecule has 0 aromatic carbocycles. The van der Waals surface area contributed by atoms with E-state index in [4.69, 9.17) is 9.63 Å². The molecule has 25 heavy (non-hydrogen) atoms. The number of hydrogen-bond donors (Lipinski definition) is 1. The summed E-state index contributed by atoms with van der Waals surface area (Å²) < 4.78 is 7.08. The van der Waals surface area contributed by atoms with Crippen LogP contribution >= 0.6 is 0 Å². The molecule has 0 spiro atoms. The number of nitrogens with zero attached hydrogens (tertiary/aromatic N) is 4. The molecular weight excluding hydrogens is 320 g/mol. The van der Waals surface area contributed by atoms with Crippen LogP contribution in [0.3, 0.4) is 0 Å². The van der Waals surface area contributed by atoms with Crippen molar-refractivity contribution in [3.05, 3.63) is 35.0 Å². The van der Waals surface area contributed by atoms with Crippen LogP contribution in [0.2, 0.25) is 0 Å². The highest BCUT2D eigenvalue weighted by Gasteiger charge is 2.39. The van der Waals surface area contributed by atoms with Crippen molar-refractivity contribution in [2.75, 3.05) is 13.1 Å². The summed E-state index contributed by atoms with van der Waals surface area (Å²) in [6.07, 6.45) is 5.04. The van der Waals surface area contributed by atoms with Gasteiger partial charge in [0, 0.05) is 37.0 Å². The van der Waals surface area contributed by atoms with Crippen molar-refractivity contribution in [2.45, 2.75) is 57.6 Å². The van der Waals surface area contributed by atoms with Crippen molar-refractivity contribution in [1.29, 1.82) is 0 Å². The number of aliphatic hydroxyl groups excluding tert-OH is 1. The molecule has 2 aliphatic rings. The quantitative estimate of drug-likeness (QED) is 0.870. The van der Waals surface area contributed by atoms with Gasteiger partial charge in [-0.05, 0) is 26.2 Å². The van der Waals surface area contributed by atoms with Gasteiger partial charge in [-0.3, -0.25) is 9.48 Å². The summed E-state index contributed by atoms with van der Waals surface area (Å²) >= 11 is 0. The van der Waals surface area contributed by atoms with Crippen LogP contribution < -0.4 is 0 Å². The highest BCUT2D eigenvalue weighted by molar-refractivity contribution is 5.96. The number of rotatable bonds is 6. The Hall–Kier alpha value is -2.15. The maximum Gasteiger partial charge on any atom is 0.257 e. The van der Waals surface area contributed by atoms with Gasteiger partial charge in [0.25, 0.3) is 5.91 Å². The summed E-state index contributed by atoms with van der Waals surface area (Å²) in [6, 6.07) is 2.08. The summed E-state index contributed by atoms with van der Waals surface area (Å²) in [6.45, 7) is 5.41. The third-order valence-electron chi connectivity index (χ3n) is 5.36. The Balaban J connectivity index is 1.48. The number of carbonyl (C=O) groups excluding carboxylic acids is 1. The van der Waals surface area contributed by atoms with E-state index in [2.05, 4.69) is 24.1 Å². The second-order valence-corrected chi connectivity index (χ2v) is 7.20. The van der Waals surface area contributed by atoms with Crippen LogP contribution in [0.4, 0.5) is 0 Å². The number of likely N-dealkylation sites (tertiary alicyclic amines) is 1. The smallest absolute Gasteiger partial charge is 0.257 e. The fourth-order valence-corrected chi connectivity index (χ4v) is 3.42. The molecule has 7 heteroatoms. The lowest BCUT2D eigenvalue weighted by Gasteiger charge is -2.38. The van der Waals surface area contributed by atoms with Crippen LogP contribution in [0.1, 0.15) is 78.5 Å². The van der Waals surface area contributed by atoms with E-state index in [9.17, 15) is 4.79 Å². The maximum atomic E-state index is 12.9. The first-order valence-corrected chi connectivity index (χ1v) is 9.05. The SMILES string of the molecule is CCC(C)n1ncc(C(=O)N2CC(c3cc(CO)on3)C2)c1C1CC1. The predicted octanol–water partition coefficient (Wildman–Crippen LogP) is 2.45. The lowest BCUT2D eigenvalue weighted by Crippen LogP contribution is -2.48. The Morgan fingerprint density at radius 1 is 1.40 bits per heavy atom. The summed E-state index contributed by atoms with van der Waals surface area (Å²) in [5.74, 6) is 1.20. The molecule has 2 fully saturated rings. The van der Waals surface area contributed by atoms with E-state index in [1.54, 1.807) is 12.3 Å². The fraction of sp³-hybridized carbons (Fsp3) is 0.611. The van der Waals surface area contributed by atoms with Crippen molar-refractivity contribution >= 4 is 5.91 Å². The second kappa shape index (κ2) is 6.29. The monoisotopic (exact) mass is 344 g/mol. The topological polar surface area (TPSA) is 84.4 Å². The zero-order valence-corrected chi connectivity index (χ0v) is 14.7. The van der Waals surface area contributed by atoms with E-state index in [0.717, 1.165) is 36.2 Å². The molecule has 1 saturated heterocycles. The largest absolute Gasteiger partial charge is 0.388 e. The highest BCUT2D eigenvalue weighted by atomic mass is 16.5. The van der Waals surface area contributed by atoms with E-state index in [-0.39, 0.29) is 18.4 Å². The van der Waals surface area contributed by atoms with E-state index in [1.807, 2.05) is 9.58 Å². The third-order valence-corrected chi connectivity index (χ3v) is 5.36. The van der Waals surface area contributed by atoms with Gasteiger partial charge in [0.15, 0.2) is 5.76 Å². The molecule has 1 atom stereocenters. The Labute approximate surface area is 146 Å². The van der Waals surface area contributed by atoms with Crippen LogP contribution in [0.25, 0.3) is 0 Å². The number of aliphatic hydroxyl groups is 1. The summed E-state index contributed by atoms with van der Waals surface area (Å²) in [5, 5.41) is 17.6. The van der Waals surface area contributed by atoms with Crippen LogP contribution in [0, 0.1) is 0 Å². The maximum absolute atomic E-state index is 12.9. The molecule has 1 aliphatic carbocycles. The van der Waals surface area contributed by atoms with Gasteiger partial charge in [-0.2, -0.15) is 5.10 Å². The van der Waals surface area contributed by atoms with E-state index < -0.39 is 0 Å². The van der Waals surface area contributed by atoms with Gasteiger partial charge in [0.2, 0.25) is 0 Å². The summed E-state index contributed by atoms with van der Waals surface area (Å²) in [5.41, 5.74) is 2.69. The number of aromatic nitrogens is 3. The molecular formula is C18H24N4O3. The Bertz CT molecular complexity index is 771. The van der Waals surface area contributed by atoms with Crippen LogP contribution in [-0.4, -0.2) is 43.9 Å². The van der Waals surface area contributed by atoms with Crippen molar-refractivity contribution in [3.63, 3.8) is 0 Å². The molecule has 1 unspecified atom stereocenters. The minimum atomic E-state index is -0.151. The average molecular weight is 344 g/mol. The van der Waals surface area contributed by atoms with Crippen molar-refractivity contribution in [1.82, 2.24) is 19.8 Å². The third kappa shape index (κ3) is 2.86. The molecule has 1 saturated carbocycles. The van der Waals surface area contributed by atoms with Crippen LogP contribution in [-0.2, 0) is 6.61 Å². The summed E-state index contributed by atoms with van der Waals surface area (Å²) in [7, 11) is 0. The Morgan fingerprint density at radius 2 is 2.16 bits per heavy atom. The predicted molar refractivity (Wildman–Crippen MR) is 90.3 cm³/mol. The van der Waals surface area contributed by atoms with Crippen LogP contribution in [0.15, 0.2) is 16.8 Å².